The number of aromatic nitrogens is 1. The summed E-state index contributed by atoms with van der Waals surface area (Å²) in [6.45, 7) is 1.77. The van der Waals surface area contributed by atoms with E-state index in [4.69, 9.17) is 27.7 Å². The van der Waals surface area contributed by atoms with Gasteiger partial charge in [-0.25, -0.2) is 4.39 Å². The maximum Gasteiger partial charge on any atom is 0.168 e. The van der Waals surface area contributed by atoms with E-state index in [2.05, 4.69) is 5.16 Å². The standard InChI is InChI=1S/C10H6Cl2FNO/c1-5-2-10(15-14-5)6-3-9(13)8(12)4-7(6)11/h2-4H,1H3. The van der Waals surface area contributed by atoms with E-state index in [1.165, 1.54) is 12.1 Å². The summed E-state index contributed by atoms with van der Waals surface area (Å²) in [7, 11) is 0. The zero-order valence-corrected chi connectivity index (χ0v) is 9.23. The second kappa shape index (κ2) is 3.83. The summed E-state index contributed by atoms with van der Waals surface area (Å²) in [6, 6.07) is 4.24. The molecule has 0 saturated carbocycles. The molecule has 2 nitrogen and oxygen atoms in total. The van der Waals surface area contributed by atoms with Crippen molar-refractivity contribution in [3.05, 3.63) is 39.8 Å². The van der Waals surface area contributed by atoms with Crippen LogP contribution in [0, 0.1) is 12.7 Å². The molecule has 0 radical (unpaired) electrons. The number of rotatable bonds is 1. The van der Waals surface area contributed by atoms with Crippen molar-refractivity contribution in [2.75, 3.05) is 0 Å². The van der Waals surface area contributed by atoms with Gasteiger partial charge < -0.3 is 4.52 Å². The summed E-state index contributed by atoms with van der Waals surface area (Å²) in [6.07, 6.45) is 0. The van der Waals surface area contributed by atoms with Crippen molar-refractivity contribution in [1.29, 1.82) is 0 Å². The first-order chi connectivity index (χ1) is 7.08. The molecule has 0 amide bonds. The van der Waals surface area contributed by atoms with Gasteiger partial charge in [-0.05, 0) is 19.1 Å². The molecule has 0 unspecified atom stereocenters. The van der Waals surface area contributed by atoms with E-state index in [1.807, 2.05) is 0 Å². The molecule has 1 aromatic heterocycles. The topological polar surface area (TPSA) is 26.0 Å². The predicted molar refractivity (Wildman–Crippen MR) is 56.7 cm³/mol. The van der Waals surface area contributed by atoms with Crippen LogP contribution in [-0.4, -0.2) is 5.16 Å². The number of hydrogen-bond acceptors (Lipinski definition) is 2. The molecular formula is C10H6Cl2FNO. The molecule has 2 rings (SSSR count). The van der Waals surface area contributed by atoms with Gasteiger partial charge in [-0.3, -0.25) is 0 Å². The highest BCUT2D eigenvalue weighted by molar-refractivity contribution is 6.36. The molecule has 0 bridgehead atoms. The molecule has 2 aromatic rings. The van der Waals surface area contributed by atoms with Crippen LogP contribution in [0.5, 0.6) is 0 Å². The lowest BCUT2D eigenvalue weighted by atomic mass is 10.1. The van der Waals surface area contributed by atoms with Crippen molar-refractivity contribution in [3.63, 3.8) is 0 Å². The lowest BCUT2D eigenvalue weighted by Gasteiger charge is -2.01. The second-order valence-electron chi connectivity index (χ2n) is 3.08. The number of nitrogens with zero attached hydrogens (tertiary/aromatic N) is 1. The maximum atomic E-state index is 13.2. The lowest BCUT2D eigenvalue weighted by molar-refractivity contribution is 0.427. The molecule has 1 aromatic carbocycles. The first kappa shape index (κ1) is 10.5. The summed E-state index contributed by atoms with van der Waals surface area (Å²) in [5, 5.41) is 4.01. The highest BCUT2D eigenvalue weighted by atomic mass is 35.5. The Morgan fingerprint density at radius 2 is 1.93 bits per heavy atom. The average Bonchev–Trinajstić information content (AvgIpc) is 2.58. The van der Waals surface area contributed by atoms with E-state index in [0.29, 0.717) is 22.0 Å². The number of halogens is 3. The van der Waals surface area contributed by atoms with Crippen molar-refractivity contribution >= 4 is 23.2 Å². The third-order valence-electron chi connectivity index (χ3n) is 1.90. The van der Waals surface area contributed by atoms with Crippen molar-refractivity contribution < 1.29 is 8.91 Å². The highest BCUT2D eigenvalue weighted by Crippen LogP contribution is 2.32. The summed E-state index contributed by atoms with van der Waals surface area (Å²) in [5.74, 6) is -0.113. The third-order valence-corrected chi connectivity index (χ3v) is 2.51. The normalized spacial score (nSPS) is 10.7. The van der Waals surface area contributed by atoms with Crippen molar-refractivity contribution in [2.24, 2.45) is 0 Å². The number of hydrogen-bond donors (Lipinski definition) is 0. The Labute approximate surface area is 95.6 Å². The zero-order valence-electron chi connectivity index (χ0n) is 7.72. The molecule has 78 valence electrons. The second-order valence-corrected chi connectivity index (χ2v) is 3.89. The van der Waals surface area contributed by atoms with Gasteiger partial charge >= 0.3 is 0 Å². The van der Waals surface area contributed by atoms with Gasteiger partial charge in [-0.15, -0.1) is 0 Å². The van der Waals surface area contributed by atoms with Crippen LogP contribution in [0.3, 0.4) is 0 Å². The average molecular weight is 246 g/mol. The molecular weight excluding hydrogens is 240 g/mol. The van der Waals surface area contributed by atoms with Gasteiger partial charge in [-0.2, -0.15) is 0 Å². The van der Waals surface area contributed by atoms with Crippen LogP contribution in [0.15, 0.2) is 22.7 Å². The predicted octanol–water partition coefficient (Wildman–Crippen LogP) is 4.10. The van der Waals surface area contributed by atoms with Crippen molar-refractivity contribution in [3.8, 4) is 11.3 Å². The molecule has 0 spiro atoms. The Bertz CT molecular complexity index is 510. The Morgan fingerprint density at radius 1 is 1.20 bits per heavy atom. The fourth-order valence-corrected chi connectivity index (χ4v) is 1.68. The monoisotopic (exact) mass is 245 g/mol. The minimum Gasteiger partial charge on any atom is -0.356 e. The zero-order chi connectivity index (χ0) is 11.0. The van der Waals surface area contributed by atoms with Crippen LogP contribution in [0.25, 0.3) is 11.3 Å². The minimum atomic E-state index is -0.537. The van der Waals surface area contributed by atoms with Crippen LogP contribution in [-0.2, 0) is 0 Å². The van der Waals surface area contributed by atoms with Gasteiger partial charge in [0.25, 0.3) is 0 Å². The number of benzene rings is 1. The Balaban J connectivity index is 2.58. The van der Waals surface area contributed by atoms with E-state index in [1.54, 1.807) is 13.0 Å². The molecule has 15 heavy (non-hydrogen) atoms. The van der Waals surface area contributed by atoms with E-state index in [9.17, 15) is 4.39 Å². The molecule has 0 aliphatic rings. The largest absolute Gasteiger partial charge is 0.356 e. The lowest BCUT2D eigenvalue weighted by Crippen LogP contribution is -1.82. The minimum absolute atomic E-state index is 0.0139. The van der Waals surface area contributed by atoms with Gasteiger partial charge in [0.1, 0.15) is 5.82 Å². The summed E-state index contributed by atoms with van der Waals surface area (Å²) in [5.41, 5.74) is 1.15. The molecule has 0 atom stereocenters. The van der Waals surface area contributed by atoms with E-state index >= 15 is 0 Å². The molecule has 0 aliphatic carbocycles. The molecule has 0 aliphatic heterocycles. The van der Waals surface area contributed by atoms with Crippen molar-refractivity contribution in [2.45, 2.75) is 6.92 Å². The van der Waals surface area contributed by atoms with E-state index < -0.39 is 5.82 Å². The van der Waals surface area contributed by atoms with Gasteiger partial charge in [0.2, 0.25) is 0 Å². The fourth-order valence-electron chi connectivity index (χ4n) is 1.20. The molecule has 5 heteroatoms. The van der Waals surface area contributed by atoms with Gasteiger partial charge in [0.05, 0.1) is 15.7 Å². The summed E-state index contributed by atoms with van der Waals surface area (Å²) >= 11 is 11.5. The molecule has 0 fully saturated rings. The number of aryl methyl sites for hydroxylation is 1. The Kier molecular flexibility index (Phi) is 2.67. The summed E-state index contributed by atoms with van der Waals surface area (Å²) < 4.78 is 18.2. The van der Waals surface area contributed by atoms with Crippen LogP contribution in [0.2, 0.25) is 10.0 Å². The quantitative estimate of drug-likeness (QED) is 0.708. The van der Waals surface area contributed by atoms with Gasteiger partial charge in [0, 0.05) is 11.6 Å². The van der Waals surface area contributed by atoms with Crippen molar-refractivity contribution in [1.82, 2.24) is 5.16 Å². The van der Waals surface area contributed by atoms with E-state index in [-0.39, 0.29) is 5.02 Å². The molecule has 1 heterocycles. The Morgan fingerprint density at radius 3 is 2.53 bits per heavy atom. The first-order valence-corrected chi connectivity index (χ1v) is 4.92. The Hall–Kier alpha value is -1.06. The highest BCUT2D eigenvalue weighted by Gasteiger charge is 2.12. The smallest absolute Gasteiger partial charge is 0.168 e. The van der Waals surface area contributed by atoms with Gasteiger partial charge in [0.15, 0.2) is 5.76 Å². The SMILES string of the molecule is Cc1cc(-c2cc(F)c(Cl)cc2Cl)on1. The molecule has 0 saturated heterocycles. The van der Waals surface area contributed by atoms with Crippen LogP contribution in [0.4, 0.5) is 4.39 Å². The van der Waals surface area contributed by atoms with Crippen LogP contribution < -0.4 is 0 Å². The summed E-state index contributed by atoms with van der Waals surface area (Å²) in [4.78, 5) is 0. The van der Waals surface area contributed by atoms with E-state index in [0.717, 1.165) is 0 Å². The maximum absolute atomic E-state index is 13.2. The first-order valence-electron chi connectivity index (χ1n) is 4.16. The third kappa shape index (κ3) is 1.98. The fraction of sp³-hybridized carbons (Fsp3) is 0.100. The van der Waals surface area contributed by atoms with Crippen LogP contribution >= 0.6 is 23.2 Å². The van der Waals surface area contributed by atoms with Gasteiger partial charge in [-0.1, -0.05) is 28.4 Å². The molecule has 0 N–H and O–H groups in total. The van der Waals surface area contributed by atoms with Crippen LogP contribution in [0.1, 0.15) is 5.69 Å².